The van der Waals surface area contributed by atoms with Crippen molar-refractivity contribution >= 4 is 21.9 Å². The van der Waals surface area contributed by atoms with Crippen molar-refractivity contribution in [3.05, 3.63) is 34.3 Å². The van der Waals surface area contributed by atoms with E-state index in [1.54, 1.807) is 0 Å². The van der Waals surface area contributed by atoms with Gasteiger partial charge in [-0.2, -0.15) is 0 Å². The van der Waals surface area contributed by atoms with Crippen LogP contribution in [0.15, 0.2) is 28.7 Å². The summed E-state index contributed by atoms with van der Waals surface area (Å²) in [7, 11) is 0. The van der Waals surface area contributed by atoms with Crippen molar-refractivity contribution in [3.63, 3.8) is 0 Å². The maximum Gasteiger partial charge on any atom is 0.308 e. The zero-order valence-electron chi connectivity index (χ0n) is 8.57. The summed E-state index contributed by atoms with van der Waals surface area (Å²) in [5.74, 6) is 0.307. The Kier molecular flexibility index (Phi) is 3.10. The molecule has 0 aliphatic carbocycles. The first-order valence-corrected chi connectivity index (χ1v) is 5.88. The second-order valence-corrected chi connectivity index (χ2v) is 4.93. The largest absolute Gasteiger partial charge is 0.465 e. The fraction of sp³-hybridized carbons (Fsp3) is 0.417. The Hall–Kier alpha value is -0.830. The van der Waals surface area contributed by atoms with E-state index in [0.717, 1.165) is 10.9 Å². The summed E-state index contributed by atoms with van der Waals surface area (Å²) in [5, 5.41) is 0. The fourth-order valence-electron chi connectivity index (χ4n) is 1.88. The van der Waals surface area contributed by atoms with Crippen molar-refractivity contribution < 1.29 is 9.53 Å². The molecule has 0 N–H and O–H groups in total. The van der Waals surface area contributed by atoms with E-state index < -0.39 is 0 Å². The van der Waals surface area contributed by atoms with Gasteiger partial charge in [0.05, 0.1) is 12.5 Å². The molecule has 0 radical (unpaired) electrons. The molecule has 1 aliphatic heterocycles. The van der Waals surface area contributed by atoms with E-state index in [2.05, 4.69) is 28.1 Å². The zero-order valence-corrected chi connectivity index (χ0v) is 10.2. The van der Waals surface area contributed by atoms with Gasteiger partial charge in [0.2, 0.25) is 0 Å². The number of ether oxygens (including phenoxy) is 1. The Morgan fingerprint density at radius 2 is 2.00 bits per heavy atom. The van der Waals surface area contributed by atoms with Crippen molar-refractivity contribution in [2.75, 3.05) is 6.61 Å². The molecular formula is C12H13BrO2. The number of carbonyl (C=O) groups is 1. The molecule has 2 nitrogen and oxygen atoms in total. The van der Waals surface area contributed by atoms with E-state index in [1.807, 2.05) is 19.1 Å². The van der Waals surface area contributed by atoms with Crippen molar-refractivity contribution in [1.29, 1.82) is 0 Å². The maximum atomic E-state index is 11.2. The van der Waals surface area contributed by atoms with Crippen LogP contribution in [0.25, 0.3) is 0 Å². The SMILES string of the molecule is C[C@@H]1C[C@@H](c2ccc(Br)cc2)COC1=O. The highest BCUT2D eigenvalue weighted by Crippen LogP contribution is 2.29. The first-order chi connectivity index (χ1) is 7.16. The number of benzene rings is 1. The number of hydrogen-bond acceptors (Lipinski definition) is 2. The maximum absolute atomic E-state index is 11.2. The van der Waals surface area contributed by atoms with Gasteiger partial charge in [-0.05, 0) is 24.1 Å². The second-order valence-electron chi connectivity index (χ2n) is 4.02. The van der Waals surface area contributed by atoms with Crippen LogP contribution in [-0.2, 0) is 9.53 Å². The molecule has 1 heterocycles. The van der Waals surface area contributed by atoms with Crippen LogP contribution in [0.2, 0.25) is 0 Å². The van der Waals surface area contributed by atoms with Gasteiger partial charge in [0, 0.05) is 10.4 Å². The standard InChI is InChI=1S/C12H13BrO2/c1-8-6-10(7-15-12(8)14)9-2-4-11(13)5-3-9/h2-5,8,10H,6-7H2,1H3/t8-,10-/m1/s1. The molecule has 1 saturated heterocycles. The molecule has 1 aromatic rings. The first kappa shape index (κ1) is 10.7. The molecule has 80 valence electrons. The van der Waals surface area contributed by atoms with Crippen LogP contribution in [-0.4, -0.2) is 12.6 Å². The fourth-order valence-corrected chi connectivity index (χ4v) is 2.15. The van der Waals surface area contributed by atoms with Crippen LogP contribution in [0.5, 0.6) is 0 Å². The summed E-state index contributed by atoms with van der Waals surface area (Å²) in [6.07, 6.45) is 0.889. The van der Waals surface area contributed by atoms with Crippen LogP contribution in [0.4, 0.5) is 0 Å². The molecule has 2 atom stereocenters. The molecule has 1 aliphatic rings. The lowest BCUT2D eigenvalue weighted by Crippen LogP contribution is -2.27. The molecule has 0 unspecified atom stereocenters. The van der Waals surface area contributed by atoms with Gasteiger partial charge in [0.25, 0.3) is 0 Å². The summed E-state index contributed by atoms with van der Waals surface area (Å²) >= 11 is 3.41. The predicted octanol–water partition coefficient (Wildman–Crippen LogP) is 3.12. The Balaban J connectivity index is 2.12. The van der Waals surface area contributed by atoms with E-state index >= 15 is 0 Å². The second kappa shape index (κ2) is 4.35. The number of cyclic esters (lactones) is 1. The Morgan fingerprint density at radius 3 is 2.60 bits per heavy atom. The summed E-state index contributed by atoms with van der Waals surface area (Å²) in [6, 6.07) is 8.22. The molecule has 0 amide bonds. The highest BCUT2D eigenvalue weighted by molar-refractivity contribution is 9.10. The summed E-state index contributed by atoms with van der Waals surface area (Å²) < 4.78 is 6.21. The summed E-state index contributed by atoms with van der Waals surface area (Å²) in [4.78, 5) is 11.2. The number of halogens is 1. The molecule has 1 aromatic carbocycles. The Bertz CT molecular complexity index is 358. The lowest BCUT2D eigenvalue weighted by Gasteiger charge is -2.26. The van der Waals surface area contributed by atoms with Crippen molar-refractivity contribution in [3.8, 4) is 0 Å². The highest BCUT2D eigenvalue weighted by Gasteiger charge is 2.27. The Labute approximate surface area is 97.8 Å². The molecule has 1 fully saturated rings. The van der Waals surface area contributed by atoms with Crippen LogP contribution in [0, 0.1) is 5.92 Å². The van der Waals surface area contributed by atoms with Crippen LogP contribution in [0.3, 0.4) is 0 Å². The van der Waals surface area contributed by atoms with Gasteiger partial charge >= 0.3 is 5.97 Å². The van der Waals surface area contributed by atoms with Gasteiger partial charge in [-0.15, -0.1) is 0 Å². The third-order valence-electron chi connectivity index (χ3n) is 2.81. The van der Waals surface area contributed by atoms with Gasteiger partial charge in [0.1, 0.15) is 0 Å². The molecular weight excluding hydrogens is 256 g/mol. The topological polar surface area (TPSA) is 26.3 Å². The zero-order chi connectivity index (χ0) is 10.8. The lowest BCUT2D eigenvalue weighted by atomic mass is 9.88. The van der Waals surface area contributed by atoms with Gasteiger partial charge in [0.15, 0.2) is 0 Å². The van der Waals surface area contributed by atoms with Gasteiger partial charge in [-0.25, -0.2) is 0 Å². The van der Waals surface area contributed by atoms with Gasteiger partial charge in [-0.3, -0.25) is 4.79 Å². The van der Waals surface area contributed by atoms with Crippen LogP contribution < -0.4 is 0 Å². The highest BCUT2D eigenvalue weighted by atomic mass is 79.9. The number of carbonyl (C=O) groups excluding carboxylic acids is 1. The van der Waals surface area contributed by atoms with E-state index in [9.17, 15) is 4.79 Å². The minimum Gasteiger partial charge on any atom is -0.465 e. The van der Waals surface area contributed by atoms with Crippen molar-refractivity contribution in [2.24, 2.45) is 5.92 Å². The molecule has 0 saturated carbocycles. The van der Waals surface area contributed by atoms with E-state index in [4.69, 9.17) is 4.74 Å². The molecule has 15 heavy (non-hydrogen) atoms. The first-order valence-electron chi connectivity index (χ1n) is 5.09. The predicted molar refractivity (Wildman–Crippen MR) is 61.6 cm³/mol. The number of hydrogen-bond donors (Lipinski definition) is 0. The molecule has 3 heteroatoms. The van der Waals surface area contributed by atoms with E-state index in [0.29, 0.717) is 12.5 Å². The van der Waals surface area contributed by atoms with Crippen molar-refractivity contribution in [2.45, 2.75) is 19.3 Å². The van der Waals surface area contributed by atoms with Crippen LogP contribution >= 0.6 is 15.9 Å². The third kappa shape index (κ3) is 2.40. The van der Waals surface area contributed by atoms with Crippen molar-refractivity contribution in [1.82, 2.24) is 0 Å². The Morgan fingerprint density at radius 1 is 1.33 bits per heavy atom. The third-order valence-corrected chi connectivity index (χ3v) is 3.34. The van der Waals surface area contributed by atoms with Gasteiger partial charge < -0.3 is 4.74 Å². The molecule has 0 aromatic heterocycles. The monoisotopic (exact) mass is 268 g/mol. The average Bonchev–Trinajstić information content (AvgIpc) is 2.23. The number of esters is 1. The minimum atomic E-state index is -0.0663. The molecule has 0 spiro atoms. The normalized spacial score (nSPS) is 26.1. The molecule has 0 bridgehead atoms. The van der Waals surface area contributed by atoms with E-state index in [1.165, 1.54) is 5.56 Å². The minimum absolute atomic E-state index is 0.0207. The van der Waals surface area contributed by atoms with E-state index in [-0.39, 0.29) is 11.9 Å². The van der Waals surface area contributed by atoms with Crippen LogP contribution in [0.1, 0.15) is 24.8 Å². The number of rotatable bonds is 1. The average molecular weight is 269 g/mol. The quantitative estimate of drug-likeness (QED) is 0.732. The molecule has 2 rings (SSSR count). The van der Waals surface area contributed by atoms with Gasteiger partial charge in [-0.1, -0.05) is 35.0 Å². The lowest BCUT2D eigenvalue weighted by molar-refractivity contribution is -0.153. The summed E-state index contributed by atoms with van der Waals surface area (Å²) in [5.41, 5.74) is 1.25. The summed E-state index contributed by atoms with van der Waals surface area (Å²) in [6.45, 7) is 2.44. The smallest absolute Gasteiger partial charge is 0.308 e.